The van der Waals surface area contributed by atoms with Crippen molar-refractivity contribution >= 4 is 10.0 Å². The van der Waals surface area contributed by atoms with Crippen molar-refractivity contribution in [3.63, 3.8) is 0 Å². The lowest BCUT2D eigenvalue weighted by Gasteiger charge is -2.34. The highest BCUT2D eigenvalue weighted by atomic mass is 32.2. The Morgan fingerprint density at radius 2 is 1.95 bits per heavy atom. The molecule has 0 bridgehead atoms. The van der Waals surface area contributed by atoms with Crippen molar-refractivity contribution in [2.75, 3.05) is 32.7 Å². The maximum absolute atomic E-state index is 12.5. The van der Waals surface area contributed by atoms with Crippen LogP contribution >= 0.6 is 0 Å². The molecule has 0 aromatic carbocycles. The standard InChI is InChI=1S/C14H20N4O2S/c1-12(2)11-17-5-7-18(8-6-17)21(19,20)14-4-3-13(9-15)16-10-14/h3-4,10,12H,5-8,11H2,1-2H3. The third-order valence-electron chi connectivity index (χ3n) is 3.44. The van der Waals surface area contributed by atoms with Crippen molar-refractivity contribution in [1.29, 1.82) is 5.26 Å². The average Bonchev–Trinajstić information content (AvgIpc) is 2.47. The molecule has 0 amide bonds. The molecule has 21 heavy (non-hydrogen) atoms. The largest absolute Gasteiger partial charge is 0.300 e. The lowest BCUT2D eigenvalue weighted by molar-refractivity contribution is 0.172. The molecule has 0 N–H and O–H groups in total. The van der Waals surface area contributed by atoms with Crippen molar-refractivity contribution in [2.24, 2.45) is 5.92 Å². The van der Waals surface area contributed by atoms with Gasteiger partial charge in [0.25, 0.3) is 0 Å². The van der Waals surface area contributed by atoms with Crippen molar-refractivity contribution in [1.82, 2.24) is 14.2 Å². The molecule has 1 aromatic rings. The number of hydrogen-bond donors (Lipinski definition) is 0. The number of aromatic nitrogens is 1. The second-order valence-corrected chi connectivity index (χ2v) is 7.53. The molecule has 0 atom stereocenters. The molecule has 1 fully saturated rings. The monoisotopic (exact) mass is 308 g/mol. The summed E-state index contributed by atoms with van der Waals surface area (Å²) in [5.41, 5.74) is 0.218. The number of pyridine rings is 1. The Labute approximate surface area is 126 Å². The Hall–Kier alpha value is -1.49. The normalized spacial score (nSPS) is 17.8. The molecule has 7 heteroatoms. The van der Waals surface area contributed by atoms with E-state index in [0.29, 0.717) is 19.0 Å². The first-order chi connectivity index (χ1) is 9.93. The van der Waals surface area contributed by atoms with Gasteiger partial charge in [-0.25, -0.2) is 13.4 Å². The quantitative estimate of drug-likeness (QED) is 0.826. The lowest BCUT2D eigenvalue weighted by Crippen LogP contribution is -2.49. The van der Waals surface area contributed by atoms with Crippen LogP contribution in [0.15, 0.2) is 23.2 Å². The summed E-state index contributed by atoms with van der Waals surface area (Å²) in [5.74, 6) is 0.580. The summed E-state index contributed by atoms with van der Waals surface area (Å²) in [4.78, 5) is 6.27. The van der Waals surface area contributed by atoms with Gasteiger partial charge in [-0.1, -0.05) is 13.8 Å². The molecule has 0 spiro atoms. The van der Waals surface area contributed by atoms with Crippen LogP contribution in [0.25, 0.3) is 0 Å². The molecule has 114 valence electrons. The molecular formula is C14H20N4O2S. The van der Waals surface area contributed by atoms with Crippen LogP contribution in [0, 0.1) is 17.2 Å². The molecule has 0 saturated carbocycles. The second kappa shape index (κ2) is 6.52. The van der Waals surface area contributed by atoms with E-state index >= 15 is 0 Å². The molecule has 1 aliphatic heterocycles. The number of hydrogen-bond acceptors (Lipinski definition) is 5. The zero-order chi connectivity index (χ0) is 15.5. The van der Waals surface area contributed by atoms with E-state index < -0.39 is 10.0 Å². The summed E-state index contributed by atoms with van der Waals surface area (Å²) in [7, 11) is -3.50. The zero-order valence-electron chi connectivity index (χ0n) is 12.4. The van der Waals surface area contributed by atoms with Crippen LogP contribution in [0.3, 0.4) is 0 Å². The summed E-state index contributed by atoms with van der Waals surface area (Å²) in [6.45, 7) is 7.80. The number of sulfonamides is 1. The van der Waals surface area contributed by atoms with Crippen molar-refractivity contribution < 1.29 is 8.42 Å². The summed E-state index contributed by atoms with van der Waals surface area (Å²) in [5, 5.41) is 8.70. The van der Waals surface area contributed by atoms with Crippen molar-refractivity contribution in [3.05, 3.63) is 24.0 Å². The van der Waals surface area contributed by atoms with E-state index in [1.54, 1.807) is 0 Å². The molecule has 2 heterocycles. The number of rotatable bonds is 4. The molecule has 0 radical (unpaired) electrons. The number of nitrogens with zero attached hydrogens (tertiary/aromatic N) is 4. The first-order valence-corrected chi connectivity index (χ1v) is 8.46. The van der Waals surface area contributed by atoms with E-state index in [9.17, 15) is 8.42 Å². The Morgan fingerprint density at radius 3 is 2.43 bits per heavy atom. The molecule has 1 aliphatic rings. The Balaban J connectivity index is 2.06. The smallest absolute Gasteiger partial charge is 0.244 e. The van der Waals surface area contributed by atoms with Gasteiger partial charge < -0.3 is 4.90 Å². The van der Waals surface area contributed by atoms with E-state index in [1.807, 2.05) is 6.07 Å². The van der Waals surface area contributed by atoms with Gasteiger partial charge >= 0.3 is 0 Å². The van der Waals surface area contributed by atoms with E-state index in [0.717, 1.165) is 19.6 Å². The van der Waals surface area contributed by atoms with Crippen LogP contribution in [0.4, 0.5) is 0 Å². The minimum atomic E-state index is -3.50. The van der Waals surface area contributed by atoms with Gasteiger partial charge in [0.1, 0.15) is 16.7 Å². The summed E-state index contributed by atoms with van der Waals surface area (Å²) in [6, 6.07) is 4.76. The Bertz CT molecular complexity index is 611. The van der Waals surface area contributed by atoms with Crippen LogP contribution in [-0.2, 0) is 10.0 Å². The van der Waals surface area contributed by atoms with E-state index in [-0.39, 0.29) is 10.6 Å². The first kappa shape index (κ1) is 15.9. The Kier molecular flexibility index (Phi) is 4.93. The first-order valence-electron chi connectivity index (χ1n) is 7.02. The summed E-state index contributed by atoms with van der Waals surface area (Å²) < 4.78 is 26.5. The average molecular weight is 308 g/mol. The van der Waals surface area contributed by atoms with Gasteiger partial charge in [0.2, 0.25) is 10.0 Å². The third kappa shape index (κ3) is 3.79. The predicted molar refractivity (Wildman–Crippen MR) is 79.0 cm³/mol. The van der Waals surface area contributed by atoms with E-state index in [4.69, 9.17) is 5.26 Å². The van der Waals surface area contributed by atoms with Crippen LogP contribution in [0.2, 0.25) is 0 Å². The fourth-order valence-electron chi connectivity index (χ4n) is 2.42. The molecule has 0 unspecified atom stereocenters. The van der Waals surface area contributed by atoms with Crippen molar-refractivity contribution in [2.45, 2.75) is 18.7 Å². The topological polar surface area (TPSA) is 77.3 Å². The zero-order valence-corrected chi connectivity index (χ0v) is 13.2. The van der Waals surface area contributed by atoms with Crippen LogP contribution in [0.5, 0.6) is 0 Å². The number of nitriles is 1. The summed E-state index contributed by atoms with van der Waals surface area (Å²) in [6.07, 6.45) is 1.26. The van der Waals surface area contributed by atoms with Crippen LogP contribution < -0.4 is 0 Å². The van der Waals surface area contributed by atoms with Gasteiger partial charge in [-0.2, -0.15) is 9.57 Å². The lowest BCUT2D eigenvalue weighted by atomic mass is 10.2. The predicted octanol–water partition coefficient (Wildman–Crippen LogP) is 0.916. The van der Waals surface area contributed by atoms with E-state index in [2.05, 4.69) is 23.7 Å². The van der Waals surface area contributed by atoms with Crippen LogP contribution in [-0.4, -0.2) is 55.3 Å². The van der Waals surface area contributed by atoms with Gasteiger partial charge in [-0.05, 0) is 18.1 Å². The van der Waals surface area contributed by atoms with Crippen LogP contribution in [0.1, 0.15) is 19.5 Å². The maximum Gasteiger partial charge on any atom is 0.244 e. The molecule has 2 rings (SSSR count). The van der Waals surface area contributed by atoms with Gasteiger partial charge in [-0.15, -0.1) is 0 Å². The fraction of sp³-hybridized carbons (Fsp3) is 0.571. The fourth-order valence-corrected chi connectivity index (χ4v) is 3.79. The number of piperazine rings is 1. The highest BCUT2D eigenvalue weighted by Crippen LogP contribution is 2.17. The highest BCUT2D eigenvalue weighted by Gasteiger charge is 2.28. The molecular weight excluding hydrogens is 288 g/mol. The molecule has 0 aliphatic carbocycles. The molecule has 1 aromatic heterocycles. The van der Waals surface area contributed by atoms with E-state index in [1.165, 1.54) is 22.6 Å². The maximum atomic E-state index is 12.5. The van der Waals surface area contributed by atoms with Gasteiger partial charge in [-0.3, -0.25) is 0 Å². The minimum absolute atomic E-state index is 0.152. The van der Waals surface area contributed by atoms with Crippen molar-refractivity contribution in [3.8, 4) is 6.07 Å². The highest BCUT2D eigenvalue weighted by molar-refractivity contribution is 7.89. The third-order valence-corrected chi connectivity index (χ3v) is 5.33. The SMILES string of the molecule is CC(C)CN1CCN(S(=O)(=O)c2ccc(C#N)nc2)CC1. The Morgan fingerprint density at radius 1 is 1.29 bits per heavy atom. The summed E-state index contributed by atoms with van der Waals surface area (Å²) >= 11 is 0. The second-order valence-electron chi connectivity index (χ2n) is 5.59. The van der Waals surface area contributed by atoms with Gasteiger partial charge in [0.15, 0.2) is 0 Å². The van der Waals surface area contributed by atoms with Gasteiger partial charge in [0, 0.05) is 38.9 Å². The minimum Gasteiger partial charge on any atom is -0.300 e. The van der Waals surface area contributed by atoms with Gasteiger partial charge in [0.05, 0.1) is 0 Å². The molecule has 6 nitrogen and oxygen atoms in total. The molecule has 1 saturated heterocycles.